The maximum absolute atomic E-state index is 12.2. The van der Waals surface area contributed by atoms with Gasteiger partial charge in [0.2, 0.25) is 0 Å². The summed E-state index contributed by atoms with van der Waals surface area (Å²) in [7, 11) is 0. The molecule has 5 heteroatoms. The van der Waals surface area contributed by atoms with Gasteiger partial charge in [-0.15, -0.1) is 0 Å². The summed E-state index contributed by atoms with van der Waals surface area (Å²) in [5.74, 6) is 0.831. The third kappa shape index (κ3) is 2.21. The van der Waals surface area contributed by atoms with Crippen LogP contribution in [0, 0.1) is 5.92 Å². The van der Waals surface area contributed by atoms with Crippen molar-refractivity contribution in [2.45, 2.75) is 45.3 Å². The molecule has 21 heavy (non-hydrogen) atoms. The molecule has 4 nitrogen and oxygen atoms in total. The van der Waals surface area contributed by atoms with Crippen molar-refractivity contribution in [1.29, 1.82) is 0 Å². The van der Waals surface area contributed by atoms with Gasteiger partial charge in [-0.2, -0.15) is 0 Å². The number of hydrogen-bond acceptors (Lipinski definition) is 2. The van der Waals surface area contributed by atoms with Gasteiger partial charge in [0.05, 0.1) is 11.0 Å². The van der Waals surface area contributed by atoms with Crippen molar-refractivity contribution in [2.75, 3.05) is 6.54 Å². The lowest BCUT2D eigenvalue weighted by molar-refractivity contribution is 0.127. The van der Waals surface area contributed by atoms with Gasteiger partial charge >= 0.3 is 5.69 Å². The first-order valence-electron chi connectivity index (χ1n) is 7.77. The van der Waals surface area contributed by atoms with Crippen LogP contribution < -0.4 is 5.69 Å². The Kier molecular flexibility index (Phi) is 3.12. The van der Waals surface area contributed by atoms with Crippen LogP contribution in [-0.4, -0.2) is 27.0 Å². The molecule has 1 saturated carbocycles. The molecule has 2 aromatic rings. The largest absolute Gasteiger partial charge is 0.326 e. The molecule has 0 radical (unpaired) electrons. The Balaban J connectivity index is 1.78. The summed E-state index contributed by atoms with van der Waals surface area (Å²) < 4.78 is 1.88. The Bertz CT molecular complexity index is 744. The summed E-state index contributed by atoms with van der Waals surface area (Å²) >= 11 is 6.22. The first-order chi connectivity index (χ1) is 10.1. The fourth-order valence-corrected chi connectivity index (χ4v) is 3.90. The summed E-state index contributed by atoms with van der Waals surface area (Å²) in [6, 6.07) is 4.23. The summed E-state index contributed by atoms with van der Waals surface area (Å²) in [6.45, 7) is 4.99. The lowest BCUT2D eigenvalue weighted by Gasteiger charge is -2.35. The number of aromatic nitrogens is 2. The summed E-state index contributed by atoms with van der Waals surface area (Å²) in [5, 5.41) is 0.698. The van der Waals surface area contributed by atoms with Crippen LogP contribution in [0.25, 0.3) is 11.0 Å². The quantitative estimate of drug-likeness (QED) is 0.926. The second kappa shape index (κ2) is 4.89. The van der Waals surface area contributed by atoms with Crippen LogP contribution in [0.3, 0.4) is 0 Å². The van der Waals surface area contributed by atoms with Gasteiger partial charge in [-0.3, -0.25) is 9.47 Å². The zero-order valence-electron chi connectivity index (χ0n) is 12.2. The van der Waals surface area contributed by atoms with E-state index in [1.165, 1.54) is 24.8 Å². The molecule has 0 unspecified atom stereocenters. The first-order valence-corrected chi connectivity index (χ1v) is 8.14. The number of aromatic amines is 1. The van der Waals surface area contributed by atoms with E-state index in [0.29, 0.717) is 11.1 Å². The molecule has 4 rings (SSSR count). The maximum atomic E-state index is 12.2. The highest BCUT2D eigenvalue weighted by atomic mass is 35.5. The second-order valence-electron chi connectivity index (χ2n) is 6.58. The van der Waals surface area contributed by atoms with E-state index in [4.69, 9.17) is 11.6 Å². The molecular formula is C16H20ClN3O. The Hall–Kier alpha value is -1.26. The van der Waals surface area contributed by atoms with Gasteiger partial charge in [-0.05, 0) is 43.4 Å². The highest BCUT2D eigenvalue weighted by molar-refractivity contribution is 6.31. The molecule has 1 fully saturated rings. The normalized spacial score (nSPS) is 23.2. The van der Waals surface area contributed by atoms with E-state index in [0.717, 1.165) is 36.6 Å². The number of nitrogens with one attached hydrogen (secondary N) is 1. The van der Waals surface area contributed by atoms with E-state index in [9.17, 15) is 4.79 Å². The molecule has 1 atom stereocenters. The number of hydrogen-bond donors (Lipinski definition) is 1. The summed E-state index contributed by atoms with van der Waals surface area (Å²) in [4.78, 5) is 17.7. The van der Waals surface area contributed by atoms with Crippen molar-refractivity contribution in [3.05, 3.63) is 33.2 Å². The first kappa shape index (κ1) is 13.4. The zero-order valence-corrected chi connectivity index (χ0v) is 13.0. The minimum atomic E-state index is -0.0224. The van der Waals surface area contributed by atoms with Gasteiger partial charge in [0.15, 0.2) is 0 Å². The highest BCUT2D eigenvalue weighted by Gasteiger charge is 2.28. The molecular weight excluding hydrogens is 286 g/mol. The number of nitrogens with zero attached hydrogens (tertiary/aromatic N) is 2. The summed E-state index contributed by atoms with van der Waals surface area (Å²) in [6.07, 6.45) is 4.07. The van der Waals surface area contributed by atoms with Crippen molar-refractivity contribution in [3.8, 4) is 0 Å². The van der Waals surface area contributed by atoms with Crippen LogP contribution >= 0.6 is 11.6 Å². The van der Waals surface area contributed by atoms with Crippen LogP contribution in [0.1, 0.15) is 31.7 Å². The Morgan fingerprint density at radius 3 is 2.90 bits per heavy atom. The van der Waals surface area contributed by atoms with E-state index in [2.05, 4.69) is 16.8 Å². The standard InChI is InChI=1S/C16H20ClN3O/c1-10-7-20-15-12(9-19(10)8-11-3-2-4-11)5-13(17)6-14(15)18-16(20)21/h5-6,10-11H,2-4,7-9H2,1H3,(H,18,21)/t10-/m0/s1. The Morgan fingerprint density at radius 2 is 2.19 bits per heavy atom. The number of H-pyrrole nitrogens is 1. The SMILES string of the molecule is C[C@H]1Cn2c(=O)[nH]c3cc(Cl)cc(c32)CN1CC1CCC1. The van der Waals surface area contributed by atoms with Crippen LogP contribution in [0.2, 0.25) is 5.02 Å². The number of benzene rings is 1. The van der Waals surface area contributed by atoms with Gasteiger partial charge in [0.1, 0.15) is 0 Å². The molecule has 0 spiro atoms. The van der Waals surface area contributed by atoms with Crippen molar-refractivity contribution in [1.82, 2.24) is 14.5 Å². The molecule has 2 aliphatic rings. The Labute approximate surface area is 128 Å². The highest BCUT2D eigenvalue weighted by Crippen LogP contribution is 2.31. The van der Waals surface area contributed by atoms with Crippen LogP contribution in [0.15, 0.2) is 16.9 Å². The molecule has 1 aromatic heterocycles. The number of imidazole rings is 1. The van der Waals surface area contributed by atoms with E-state index < -0.39 is 0 Å². The molecule has 1 aromatic carbocycles. The van der Waals surface area contributed by atoms with E-state index in [1.807, 2.05) is 16.7 Å². The molecule has 0 saturated heterocycles. The molecule has 1 N–H and O–H groups in total. The second-order valence-corrected chi connectivity index (χ2v) is 7.01. The average Bonchev–Trinajstić information content (AvgIpc) is 2.60. The topological polar surface area (TPSA) is 41.0 Å². The third-order valence-electron chi connectivity index (χ3n) is 5.07. The molecule has 2 heterocycles. The lowest BCUT2D eigenvalue weighted by Crippen LogP contribution is -2.40. The van der Waals surface area contributed by atoms with Gasteiger partial charge in [-0.25, -0.2) is 4.79 Å². The minimum absolute atomic E-state index is 0.0224. The van der Waals surface area contributed by atoms with Gasteiger partial charge < -0.3 is 4.98 Å². The lowest BCUT2D eigenvalue weighted by atomic mass is 9.85. The van der Waals surface area contributed by atoms with Crippen molar-refractivity contribution in [2.24, 2.45) is 5.92 Å². The van der Waals surface area contributed by atoms with E-state index >= 15 is 0 Å². The monoisotopic (exact) mass is 305 g/mol. The van der Waals surface area contributed by atoms with Crippen molar-refractivity contribution >= 4 is 22.6 Å². The number of rotatable bonds is 2. The zero-order chi connectivity index (χ0) is 14.6. The smallest absolute Gasteiger partial charge is 0.305 e. The fraction of sp³-hybridized carbons (Fsp3) is 0.562. The number of halogens is 1. The van der Waals surface area contributed by atoms with Gasteiger partial charge in [-0.1, -0.05) is 18.0 Å². The van der Waals surface area contributed by atoms with Crippen LogP contribution in [0.4, 0.5) is 0 Å². The van der Waals surface area contributed by atoms with E-state index in [1.54, 1.807) is 0 Å². The predicted molar refractivity (Wildman–Crippen MR) is 84.8 cm³/mol. The average molecular weight is 306 g/mol. The predicted octanol–water partition coefficient (Wildman–Crippen LogP) is 2.99. The molecule has 0 bridgehead atoms. The van der Waals surface area contributed by atoms with Crippen LogP contribution in [0.5, 0.6) is 0 Å². The van der Waals surface area contributed by atoms with Gasteiger partial charge in [0.25, 0.3) is 0 Å². The fourth-order valence-electron chi connectivity index (χ4n) is 3.65. The molecule has 1 aliphatic heterocycles. The molecule has 112 valence electrons. The van der Waals surface area contributed by atoms with Crippen LogP contribution in [-0.2, 0) is 13.1 Å². The maximum Gasteiger partial charge on any atom is 0.326 e. The van der Waals surface area contributed by atoms with Crippen molar-refractivity contribution in [3.63, 3.8) is 0 Å². The summed E-state index contributed by atoms with van der Waals surface area (Å²) in [5.41, 5.74) is 3.04. The van der Waals surface area contributed by atoms with E-state index in [-0.39, 0.29) is 5.69 Å². The van der Waals surface area contributed by atoms with Crippen molar-refractivity contribution < 1.29 is 0 Å². The third-order valence-corrected chi connectivity index (χ3v) is 5.29. The Morgan fingerprint density at radius 1 is 1.38 bits per heavy atom. The van der Waals surface area contributed by atoms with Gasteiger partial charge in [0, 0.05) is 30.7 Å². The molecule has 1 aliphatic carbocycles. The minimum Gasteiger partial charge on any atom is -0.305 e. The molecule has 0 amide bonds.